The van der Waals surface area contributed by atoms with Crippen LogP contribution in [0.3, 0.4) is 0 Å². The summed E-state index contributed by atoms with van der Waals surface area (Å²) in [4.78, 5) is 0. The highest BCUT2D eigenvalue weighted by molar-refractivity contribution is 5.53. The van der Waals surface area contributed by atoms with Crippen molar-refractivity contribution in [2.45, 2.75) is 25.6 Å². The molecule has 0 aromatic heterocycles. The van der Waals surface area contributed by atoms with Gasteiger partial charge >= 0.3 is 6.18 Å². The molecule has 3 nitrogen and oxygen atoms in total. The molecular formula is C12H13F3N2O. The average Bonchev–Trinajstić information content (AvgIpc) is 2.34. The third-order valence-electron chi connectivity index (χ3n) is 2.53. The smallest absolute Gasteiger partial charge is 0.394 e. The van der Waals surface area contributed by atoms with Crippen LogP contribution in [0, 0.1) is 11.3 Å². The van der Waals surface area contributed by atoms with Gasteiger partial charge < -0.3 is 10.4 Å². The fraction of sp³-hybridized carbons (Fsp3) is 0.417. The predicted octanol–water partition coefficient (Wildman–Crippen LogP) is 2.76. The molecule has 1 atom stereocenters. The minimum Gasteiger partial charge on any atom is -0.394 e. The van der Waals surface area contributed by atoms with Crippen molar-refractivity contribution in [3.8, 4) is 6.07 Å². The molecule has 1 rings (SSSR count). The van der Waals surface area contributed by atoms with Gasteiger partial charge in [0.05, 0.1) is 23.8 Å². The van der Waals surface area contributed by atoms with Crippen LogP contribution >= 0.6 is 0 Å². The molecule has 18 heavy (non-hydrogen) atoms. The number of hydrogen-bond acceptors (Lipinski definition) is 3. The molecule has 0 spiro atoms. The minimum absolute atomic E-state index is 0.169. The molecule has 0 aliphatic heterocycles. The monoisotopic (exact) mass is 258 g/mol. The molecule has 0 amide bonds. The van der Waals surface area contributed by atoms with Gasteiger partial charge in [-0.05, 0) is 24.6 Å². The van der Waals surface area contributed by atoms with Crippen molar-refractivity contribution in [2.24, 2.45) is 0 Å². The summed E-state index contributed by atoms with van der Waals surface area (Å²) in [6, 6.07) is 4.61. The summed E-state index contributed by atoms with van der Waals surface area (Å²) >= 11 is 0. The van der Waals surface area contributed by atoms with E-state index >= 15 is 0 Å². The zero-order chi connectivity index (χ0) is 13.8. The maximum Gasteiger partial charge on any atom is 0.417 e. The van der Waals surface area contributed by atoms with Crippen molar-refractivity contribution >= 4 is 5.69 Å². The van der Waals surface area contributed by atoms with Gasteiger partial charge in [0.15, 0.2) is 0 Å². The van der Waals surface area contributed by atoms with E-state index in [9.17, 15) is 13.2 Å². The van der Waals surface area contributed by atoms with Gasteiger partial charge in [-0.2, -0.15) is 18.4 Å². The van der Waals surface area contributed by atoms with E-state index in [1.54, 1.807) is 0 Å². The summed E-state index contributed by atoms with van der Waals surface area (Å²) in [5.74, 6) is 0. The Labute approximate surface area is 103 Å². The van der Waals surface area contributed by atoms with Crippen LogP contribution in [0.1, 0.15) is 24.5 Å². The number of benzene rings is 1. The lowest BCUT2D eigenvalue weighted by Gasteiger charge is -2.17. The summed E-state index contributed by atoms with van der Waals surface area (Å²) < 4.78 is 38.1. The molecule has 1 aromatic carbocycles. The number of aliphatic hydroxyl groups is 1. The Morgan fingerprint density at radius 3 is 2.56 bits per heavy atom. The lowest BCUT2D eigenvalue weighted by molar-refractivity contribution is -0.137. The van der Waals surface area contributed by atoms with E-state index in [0.29, 0.717) is 6.42 Å². The topological polar surface area (TPSA) is 56.0 Å². The van der Waals surface area contributed by atoms with Gasteiger partial charge in [-0.1, -0.05) is 6.92 Å². The molecule has 0 aliphatic carbocycles. The van der Waals surface area contributed by atoms with Gasteiger partial charge in [0.25, 0.3) is 0 Å². The molecular weight excluding hydrogens is 245 g/mol. The minimum atomic E-state index is -4.57. The molecule has 1 unspecified atom stereocenters. The van der Waals surface area contributed by atoms with Crippen molar-refractivity contribution in [1.29, 1.82) is 5.26 Å². The Morgan fingerprint density at radius 2 is 2.11 bits per heavy atom. The molecule has 0 saturated heterocycles. The first-order valence-electron chi connectivity index (χ1n) is 5.41. The summed E-state index contributed by atoms with van der Waals surface area (Å²) in [5.41, 5.74) is -1.14. The first-order chi connectivity index (χ1) is 8.42. The number of rotatable bonds is 4. The van der Waals surface area contributed by atoms with Gasteiger partial charge in [-0.15, -0.1) is 0 Å². The first-order valence-corrected chi connectivity index (χ1v) is 5.41. The third-order valence-corrected chi connectivity index (χ3v) is 2.53. The number of hydrogen-bond donors (Lipinski definition) is 2. The first kappa shape index (κ1) is 14.3. The highest BCUT2D eigenvalue weighted by atomic mass is 19.4. The van der Waals surface area contributed by atoms with E-state index in [1.165, 1.54) is 12.1 Å². The number of nitrogens with zero attached hydrogens (tertiary/aromatic N) is 1. The normalized spacial score (nSPS) is 12.9. The Kier molecular flexibility index (Phi) is 4.56. The zero-order valence-corrected chi connectivity index (χ0v) is 9.75. The van der Waals surface area contributed by atoms with E-state index in [4.69, 9.17) is 10.4 Å². The predicted molar refractivity (Wildman–Crippen MR) is 60.9 cm³/mol. The fourth-order valence-electron chi connectivity index (χ4n) is 1.48. The van der Waals surface area contributed by atoms with E-state index in [-0.39, 0.29) is 18.3 Å². The molecule has 0 aliphatic rings. The van der Waals surface area contributed by atoms with Crippen molar-refractivity contribution < 1.29 is 18.3 Å². The molecule has 0 saturated carbocycles. The summed E-state index contributed by atoms with van der Waals surface area (Å²) in [6.07, 6.45) is -3.98. The van der Waals surface area contributed by atoms with E-state index in [2.05, 4.69) is 5.32 Å². The Bertz CT molecular complexity index is 448. The van der Waals surface area contributed by atoms with Gasteiger partial charge in [0.1, 0.15) is 0 Å². The van der Waals surface area contributed by atoms with Crippen LogP contribution in [0.25, 0.3) is 0 Å². The molecule has 2 N–H and O–H groups in total. The number of nitriles is 1. The van der Waals surface area contributed by atoms with Crippen molar-refractivity contribution in [2.75, 3.05) is 11.9 Å². The zero-order valence-electron chi connectivity index (χ0n) is 9.75. The van der Waals surface area contributed by atoms with Crippen LogP contribution in [0.15, 0.2) is 18.2 Å². The lowest BCUT2D eigenvalue weighted by atomic mass is 10.1. The van der Waals surface area contributed by atoms with Crippen LogP contribution in [-0.4, -0.2) is 17.8 Å². The molecule has 98 valence electrons. The third kappa shape index (κ3) is 3.37. The van der Waals surface area contributed by atoms with Gasteiger partial charge in [0, 0.05) is 11.7 Å². The quantitative estimate of drug-likeness (QED) is 0.873. The second-order valence-corrected chi connectivity index (χ2v) is 3.80. The van der Waals surface area contributed by atoms with E-state index in [1.807, 2.05) is 6.92 Å². The average molecular weight is 258 g/mol. The highest BCUT2D eigenvalue weighted by Gasteiger charge is 2.33. The van der Waals surface area contributed by atoms with Crippen LogP contribution < -0.4 is 5.32 Å². The summed E-state index contributed by atoms with van der Waals surface area (Å²) in [7, 11) is 0. The summed E-state index contributed by atoms with van der Waals surface area (Å²) in [6.45, 7) is 1.64. The standard InChI is InChI=1S/C12H13F3N2O/c1-2-9(7-18)17-10-4-3-8(6-16)11(5-10)12(13,14)15/h3-5,9,17-18H,2,7H2,1H3. The Hall–Kier alpha value is -1.74. The van der Waals surface area contributed by atoms with Crippen molar-refractivity contribution in [3.05, 3.63) is 29.3 Å². The second kappa shape index (κ2) is 5.74. The maximum absolute atomic E-state index is 12.7. The van der Waals surface area contributed by atoms with Crippen LogP contribution in [-0.2, 0) is 6.18 Å². The van der Waals surface area contributed by atoms with Crippen LogP contribution in [0.2, 0.25) is 0 Å². The van der Waals surface area contributed by atoms with Gasteiger partial charge in [-0.3, -0.25) is 0 Å². The van der Waals surface area contributed by atoms with Crippen LogP contribution in [0.4, 0.5) is 18.9 Å². The van der Waals surface area contributed by atoms with E-state index < -0.39 is 17.3 Å². The number of nitrogens with one attached hydrogen (secondary N) is 1. The molecule has 0 fully saturated rings. The number of anilines is 1. The SMILES string of the molecule is CCC(CO)Nc1ccc(C#N)c(C(F)(F)F)c1. The Balaban J connectivity index is 3.08. The van der Waals surface area contributed by atoms with Crippen LogP contribution in [0.5, 0.6) is 0 Å². The molecule has 0 bridgehead atoms. The second-order valence-electron chi connectivity index (χ2n) is 3.80. The lowest BCUT2D eigenvalue weighted by Crippen LogP contribution is -2.23. The molecule has 6 heteroatoms. The van der Waals surface area contributed by atoms with Crippen molar-refractivity contribution in [3.63, 3.8) is 0 Å². The summed E-state index contributed by atoms with van der Waals surface area (Å²) in [5, 5.41) is 20.4. The molecule has 0 heterocycles. The van der Waals surface area contributed by atoms with Gasteiger partial charge in [-0.25, -0.2) is 0 Å². The molecule has 1 aromatic rings. The van der Waals surface area contributed by atoms with Crippen molar-refractivity contribution in [1.82, 2.24) is 0 Å². The molecule has 0 radical (unpaired) electrons. The van der Waals surface area contributed by atoms with E-state index in [0.717, 1.165) is 12.1 Å². The maximum atomic E-state index is 12.7. The largest absolute Gasteiger partial charge is 0.417 e. The number of aliphatic hydroxyl groups excluding tert-OH is 1. The fourth-order valence-corrected chi connectivity index (χ4v) is 1.48. The van der Waals surface area contributed by atoms with Gasteiger partial charge in [0.2, 0.25) is 0 Å². The highest BCUT2D eigenvalue weighted by Crippen LogP contribution is 2.33. The number of halogens is 3. The Morgan fingerprint density at radius 1 is 1.44 bits per heavy atom. The number of alkyl halides is 3.